The van der Waals surface area contributed by atoms with Gasteiger partial charge in [0.05, 0.1) is 10.6 Å². The van der Waals surface area contributed by atoms with Gasteiger partial charge in [0, 0.05) is 19.5 Å². The summed E-state index contributed by atoms with van der Waals surface area (Å²) in [5.41, 5.74) is 2.92. The van der Waals surface area contributed by atoms with Crippen LogP contribution in [0.4, 0.5) is 10.1 Å². The summed E-state index contributed by atoms with van der Waals surface area (Å²) < 4.78 is 42.6. The topological polar surface area (TPSA) is 86.8 Å². The Hall–Kier alpha value is -4.50. The lowest BCUT2D eigenvalue weighted by Gasteiger charge is -2.34. The highest BCUT2D eigenvalue weighted by Gasteiger charge is 2.34. The summed E-state index contributed by atoms with van der Waals surface area (Å²) in [6, 6.07) is 28.9. The van der Waals surface area contributed by atoms with Crippen molar-refractivity contribution in [1.82, 2.24) is 10.2 Å². The van der Waals surface area contributed by atoms with Gasteiger partial charge < -0.3 is 10.2 Å². The van der Waals surface area contributed by atoms with E-state index in [1.54, 1.807) is 30.3 Å². The van der Waals surface area contributed by atoms with Crippen LogP contribution in [0.3, 0.4) is 0 Å². The van der Waals surface area contributed by atoms with Crippen molar-refractivity contribution < 1.29 is 22.4 Å². The molecule has 0 aliphatic carbocycles. The Balaban J connectivity index is 1.78. The molecule has 2 amide bonds. The number of hydrogen-bond donors (Lipinski definition) is 1. The van der Waals surface area contributed by atoms with E-state index in [2.05, 4.69) is 5.32 Å². The zero-order chi connectivity index (χ0) is 31.5. The lowest BCUT2D eigenvalue weighted by Crippen LogP contribution is -2.53. The van der Waals surface area contributed by atoms with Gasteiger partial charge in [-0.25, -0.2) is 12.8 Å². The highest BCUT2D eigenvalue weighted by atomic mass is 32.2. The minimum absolute atomic E-state index is 0.101. The third-order valence-corrected chi connectivity index (χ3v) is 9.22. The third kappa shape index (κ3) is 8.32. The molecule has 4 rings (SSSR count). The Bertz CT molecular complexity index is 1630. The van der Waals surface area contributed by atoms with E-state index in [4.69, 9.17) is 0 Å². The van der Waals surface area contributed by atoms with E-state index in [-0.39, 0.29) is 29.5 Å². The maximum absolute atomic E-state index is 14.4. The van der Waals surface area contributed by atoms with Crippen LogP contribution in [0.15, 0.2) is 114 Å². The summed E-state index contributed by atoms with van der Waals surface area (Å²) in [6.07, 6.45) is 1.92. The largest absolute Gasteiger partial charge is 0.354 e. The minimum atomic E-state index is -4.28. The summed E-state index contributed by atoms with van der Waals surface area (Å²) in [7, 11) is -4.28. The van der Waals surface area contributed by atoms with Crippen molar-refractivity contribution in [1.29, 1.82) is 0 Å². The summed E-state index contributed by atoms with van der Waals surface area (Å²) in [5, 5.41) is 2.99. The van der Waals surface area contributed by atoms with Gasteiger partial charge in [0.25, 0.3) is 10.0 Å². The Morgan fingerprint density at radius 1 is 0.841 bits per heavy atom. The van der Waals surface area contributed by atoms with E-state index in [9.17, 15) is 22.4 Å². The van der Waals surface area contributed by atoms with E-state index in [1.165, 1.54) is 17.0 Å². The van der Waals surface area contributed by atoms with E-state index >= 15 is 0 Å². The number of nitrogens with zero attached hydrogens (tertiary/aromatic N) is 2. The van der Waals surface area contributed by atoms with Crippen LogP contribution in [-0.2, 0) is 32.6 Å². The molecule has 0 saturated heterocycles. The fourth-order valence-corrected chi connectivity index (χ4v) is 6.30. The zero-order valence-electron chi connectivity index (χ0n) is 25.0. The van der Waals surface area contributed by atoms with Gasteiger partial charge in [-0.15, -0.1) is 0 Å². The van der Waals surface area contributed by atoms with Crippen molar-refractivity contribution in [2.45, 2.75) is 50.6 Å². The highest BCUT2D eigenvalue weighted by Crippen LogP contribution is 2.25. The molecule has 0 spiro atoms. The molecule has 0 fully saturated rings. The minimum Gasteiger partial charge on any atom is -0.354 e. The molecule has 4 aromatic carbocycles. The lowest BCUT2D eigenvalue weighted by atomic mass is 10.0. The van der Waals surface area contributed by atoms with Gasteiger partial charge >= 0.3 is 0 Å². The van der Waals surface area contributed by atoms with Gasteiger partial charge in [-0.2, -0.15) is 0 Å². The Morgan fingerprint density at radius 2 is 1.45 bits per heavy atom. The molecule has 4 aromatic rings. The second-order valence-corrected chi connectivity index (χ2v) is 12.5. The first-order valence-electron chi connectivity index (χ1n) is 14.7. The van der Waals surface area contributed by atoms with E-state index in [1.807, 2.05) is 68.4 Å². The molecular formula is C35H38FN3O4S. The van der Waals surface area contributed by atoms with Gasteiger partial charge in [-0.05, 0) is 66.4 Å². The van der Waals surface area contributed by atoms with Crippen LogP contribution >= 0.6 is 0 Å². The van der Waals surface area contributed by atoms with E-state index < -0.39 is 34.3 Å². The number of para-hydroxylation sites is 1. The fourth-order valence-electron chi connectivity index (χ4n) is 4.89. The molecule has 1 atom stereocenters. The number of hydrogen-bond acceptors (Lipinski definition) is 4. The van der Waals surface area contributed by atoms with Crippen LogP contribution in [0.1, 0.15) is 36.5 Å². The van der Waals surface area contributed by atoms with Gasteiger partial charge in [0.1, 0.15) is 18.4 Å². The molecule has 0 aromatic heterocycles. The van der Waals surface area contributed by atoms with Crippen molar-refractivity contribution in [2.75, 3.05) is 17.4 Å². The van der Waals surface area contributed by atoms with Crippen molar-refractivity contribution in [3.05, 3.63) is 132 Å². The van der Waals surface area contributed by atoms with Gasteiger partial charge in [-0.3, -0.25) is 13.9 Å². The van der Waals surface area contributed by atoms with Crippen LogP contribution in [0.25, 0.3) is 0 Å². The number of sulfonamides is 1. The predicted molar refractivity (Wildman–Crippen MR) is 171 cm³/mol. The number of rotatable bonds is 14. The molecule has 0 heterocycles. The summed E-state index contributed by atoms with van der Waals surface area (Å²) in [4.78, 5) is 29.5. The second-order valence-electron chi connectivity index (χ2n) is 10.6. The Kier molecular flexibility index (Phi) is 11.3. The molecule has 0 bridgehead atoms. The maximum Gasteiger partial charge on any atom is 0.264 e. The molecule has 44 heavy (non-hydrogen) atoms. The van der Waals surface area contributed by atoms with Crippen LogP contribution in [0.2, 0.25) is 0 Å². The summed E-state index contributed by atoms with van der Waals surface area (Å²) in [6.45, 7) is 3.96. The number of carbonyl (C=O) groups excluding carboxylic acids is 2. The molecule has 0 unspecified atom stereocenters. The number of amides is 2. The fraction of sp³-hybridized carbons (Fsp3) is 0.257. The molecule has 7 nitrogen and oxygen atoms in total. The molecule has 1 N–H and O–H groups in total. The van der Waals surface area contributed by atoms with Crippen molar-refractivity contribution in [3.8, 4) is 0 Å². The smallest absolute Gasteiger partial charge is 0.264 e. The predicted octanol–water partition coefficient (Wildman–Crippen LogP) is 5.89. The molecule has 0 radical (unpaired) electrons. The first kappa shape index (κ1) is 32.4. The van der Waals surface area contributed by atoms with Crippen LogP contribution in [0.5, 0.6) is 0 Å². The quantitative estimate of drug-likeness (QED) is 0.179. The number of aryl methyl sites for hydroxylation is 1. The van der Waals surface area contributed by atoms with Crippen molar-refractivity contribution >= 4 is 27.5 Å². The number of benzene rings is 4. The van der Waals surface area contributed by atoms with Crippen LogP contribution < -0.4 is 9.62 Å². The Morgan fingerprint density at radius 3 is 2.09 bits per heavy atom. The molecule has 9 heteroatoms. The van der Waals surface area contributed by atoms with Crippen molar-refractivity contribution in [3.63, 3.8) is 0 Å². The monoisotopic (exact) mass is 615 g/mol. The maximum atomic E-state index is 14.4. The number of nitrogens with one attached hydrogen (secondary N) is 1. The van der Waals surface area contributed by atoms with Crippen LogP contribution in [-0.4, -0.2) is 44.3 Å². The normalized spacial score (nSPS) is 11.9. The Labute approximate surface area is 259 Å². The van der Waals surface area contributed by atoms with Crippen molar-refractivity contribution in [2.24, 2.45) is 0 Å². The molecule has 0 aliphatic rings. The SMILES string of the molecule is CCCCNC(=O)[C@@H](Cc1ccccc1)N(Cc1ccccc1C)C(=O)CN(c1ccccc1)S(=O)(=O)c1ccc(F)cc1. The zero-order valence-corrected chi connectivity index (χ0v) is 25.8. The number of carbonyl (C=O) groups is 2. The average molecular weight is 616 g/mol. The third-order valence-electron chi connectivity index (χ3n) is 7.43. The molecule has 230 valence electrons. The average Bonchev–Trinajstić information content (AvgIpc) is 3.03. The number of anilines is 1. The lowest BCUT2D eigenvalue weighted by molar-refractivity contribution is -0.140. The highest BCUT2D eigenvalue weighted by molar-refractivity contribution is 7.92. The first-order chi connectivity index (χ1) is 21.2. The van der Waals surface area contributed by atoms with Gasteiger partial charge in [0.15, 0.2) is 0 Å². The summed E-state index contributed by atoms with van der Waals surface area (Å²) >= 11 is 0. The van der Waals surface area contributed by atoms with Crippen LogP contribution in [0, 0.1) is 12.7 Å². The first-order valence-corrected chi connectivity index (χ1v) is 16.1. The molecular weight excluding hydrogens is 577 g/mol. The van der Waals surface area contributed by atoms with Gasteiger partial charge in [0.2, 0.25) is 11.8 Å². The standard InChI is InChI=1S/C35H38FN3O4S/c1-3-4-23-37-35(41)33(24-28-14-7-5-8-15-28)38(25-29-16-12-11-13-27(29)2)34(40)26-39(31-17-9-6-10-18-31)44(42,43)32-21-19-30(36)20-22-32/h5-22,33H,3-4,23-26H2,1-2H3,(H,37,41)/t33-/m1/s1. The van der Waals surface area contributed by atoms with E-state index in [0.717, 1.165) is 46.0 Å². The number of halogens is 1. The second kappa shape index (κ2) is 15.3. The van der Waals surface area contributed by atoms with Gasteiger partial charge in [-0.1, -0.05) is 86.1 Å². The molecule has 0 aliphatic heterocycles. The summed E-state index contributed by atoms with van der Waals surface area (Å²) in [5.74, 6) is -1.43. The number of unbranched alkanes of at least 4 members (excludes halogenated alkanes) is 1. The molecule has 0 saturated carbocycles. The van der Waals surface area contributed by atoms with E-state index in [0.29, 0.717) is 6.54 Å².